The molecule has 1 fully saturated rings. The SMILES string of the molecule is CC(Nc1ccnc(Nc2ccc(Cl)c(NC(=O)C3CC3)c2)n1)c1ccccc1. The maximum atomic E-state index is 12.0. The van der Waals surface area contributed by atoms with Crippen molar-refractivity contribution in [2.75, 3.05) is 16.0 Å². The lowest BCUT2D eigenvalue weighted by Gasteiger charge is -2.15. The number of hydrogen-bond acceptors (Lipinski definition) is 5. The molecular weight excluding hydrogens is 386 g/mol. The molecule has 29 heavy (non-hydrogen) atoms. The highest BCUT2D eigenvalue weighted by Crippen LogP contribution is 2.33. The first kappa shape index (κ1) is 19.2. The van der Waals surface area contributed by atoms with Crippen LogP contribution in [0.2, 0.25) is 5.02 Å². The number of rotatable bonds is 7. The summed E-state index contributed by atoms with van der Waals surface area (Å²) in [6, 6.07) is 17.5. The molecule has 0 aliphatic heterocycles. The van der Waals surface area contributed by atoms with E-state index in [0.29, 0.717) is 16.7 Å². The first-order valence-corrected chi connectivity index (χ1v) is 9.98. The first-order valence-electron chi connectivity index (χ1n) is 9.60. The highest BCUT2D eigenvalue weighted by molar-refractivity contribution is 6.33. The Kier molecular flexibility index (Phi) is 5.62. The number of aromatic nitrogens is 2. The van der Waals surface area contributed by atoms with Crippen molar-refractivity contribution in [1.29, 1.82) is 0 Å². The van der Waals surface area contributed by atoms with Crippen molar-refractivity contribution in [3.8, 4) is 0 Å². The molecule has 0 spiro atoms. The highest BCUT2D eigenvalue weighted by Gasteiger charge is 2.29. The molecule has 1 heterocycles. The maximum Gasteiger partial charge on any atom is 0.229 e. The van der Waals surface area contributed by atoms with Gasteiger partial charge >= 0.3 is 0 Å². The Morgan fingerprint density at radius 2 is 1.93 bits per heavy atom. The van der Waals surface area contributed by atoms with Crippen molar-refractivity contribution < 1.29 is 4.79 Å². The van der Waals surface area contributed by atoms with Crippen LogP contribution in [0.3, 0.4) is 0 Å². The Hall–Kier alpha value is -3.12. The fraction of sp³-hybridized carbons (Fsp3) is 0.227. The highest BCUT2D eigenvalue weighted by atomic mass is 35.5. The number of nitrogens with zero attached hydrogens (tertiary/aromatic N) is 2. The van der Waals surface area contributed by atoms with Crippen LogP contribution in [0.1, 0.15) is 31.4 Å². The minimum absolute atomic E-state index is 0.0152. The number of halogens is 1. The molecule has 148 valence electrons. The largest absolute Gasteiger partial charge is 0.363 e. The van der Waals surface area contributed by atoms with Gasteiger partial charge in [0.05, 0.1) is 10.7 Å². The third-order valence-corrected chi connectivity index (χ3v) is 5.08. The van der Waals surface area contributed by atoms with Gasteiger partial charge in [-0.3, -0.25) is 4.79 Å². The predicted molar refractivity (Wildman–Crippen MR) is 117 cm³/mol. The summed E-state index contributed by atoms with van der Waals surface area (Å²) in [5, 5.41) is 9.94. The summed E-state index contributed by atoms with van der Waals surface area (Å²) in [5.74, 6) is 1.30. The summed E-state index contributed by atoms with van der Waals surface area (Å²) >= 11 is 6.23. The minimum Gasteiger partial charge on any atom is -0.363 e. The molecule has 1 atom stereocenters. The lowest BCUT2D eigenvalue weighted by Crippen LogP contribution is -2.13. The topological polar surface area (TPSA) is 78.9 Å². The van der Waals surface area contributed by atoms with Crippen LogP contribution >= 0.6 is 11.6 Å². The van der Waals surface area contributed by atoms with Crippen molar-refractivity contribution in [3.63, 3.8) is 0 Å². The van der Waals surface area contributed by atoms with Gasteiger partial charge in [-0.05, 0) is 49.6 Å². The molecule has 4 rings (SSSR count). The molecule has 0 saturated heterocycles. The van der Waals surface area contributed by atoms with E-state index in [4.69, 9.17) is 11.6 Å². The number of hydrogen-bond donors (Lipinski definition) is 3. The van der Waals surface area contributed by atoms with Crippen LogP contribution in [-0.4, -0.2) is 15.9 Å². The zero-order valence-electron chi connectivity index (χ0n) is 16.0. The Bertz CT molecular complexity index is 1010. The van der Waals surface area contributed by atoms with Gasteiger partial charge < -0.3 is 16.0 Å². The second-order valence-corrected chi connectivity index (χ2v) is 7.53. The van der Waals surface area contributed by atoms with Crippen LogP contribution in [0.4, 0.5) is 23.1 Å². The number of benzene rings is 2. The summed E-state index contributed by atoms with van der Waals surface area (Å²) in [5.41, 5.74) is 2.50. The molecule has 3 aromatic rings. The molecule has 0 radical (unpaired) electrons. The number of carbonyl (C=O) groups excluding carboxylic acids is 1. The van der Waals surface area contributed by atoms with Gasteiger partial charge in [-0.15, -0.1) is 0 Å². The van der Waals surface area contributed by atoms with Gasteiger partial charge in [-0.2, -0.15) is 4.98 Å². The van der Waals surface area contributed by atoms with E-state index in [0.717, 1.165) is 24.3 Å². The molecule has 1 amide bonds. The second-order valence-electron chi connectivity index (χ2n) is 7.13. The van der Waals surface area contributed by atoms with E-state index in [1.54, 1.807) is 18.3 Å². The van der Waals surface area contributed by atoms with Crippen LogP contribution in [0.15, 0.2) is 60.8 Å². The van der Waals surface area contributed by atoms with Gasteiger partial charge in [0.15, 0.2) is 0 Å². The predicted octanol–water partition coefficient (Wildman–Crippen LogP) is 5.40. The summed E-state index contributed by atoms with van der Waals surface area (Å²) in [6.45, 7) is 2.08. The van der Waals surface area contributed by atoms with E-state index in [1.807, 2.05) is 30.3 Å². The Morgan fingerprint density at radius 1 is 1.14 bits per heavy atom. The molecule has 1 unspecified atom stereocenters. The molecule has 2 aromatic carbocycles. The van der Waals surface area contributed by atoms with E-state index in [1.165, 1.54) is 5.56 Å². The normalized spacial score (nSPS) is 14.1. The van der Waals surface area contributed by atoms with Crippen LogP contribution in [-0.2, 0) is 4.79 Å². The van der Waals surface area contributed by atoms with Crippen molar-refractivity contribution in [1.82, 2.24) is 9.97 Å². The quantitative estimate of drug-likeness (QED) is 0.489. The van der Waals surface area contributed by atoms with Crippen molar-refractivity contribution in [2.45, 2.75) is 25.8 Å². The average Bonchev–Trinajstić information content (AvgIpc) is 3.57. The second kappa shape index (κ2) is 8.49. The third-order valence-electron chi connectivity index (χ3n) is 4.75. The van der Waals surface area contributed by atoms with E-state index in [9.17, 15) is 4.79 Å². The Balaban J connectivity index is 1.45. The molecule has 0 bridgehead atoms. The van der Waals surface area contributed by atoms with Crippen LogP contribution < -0.4 is 16.0 Å². The molecule has 1 aliphatic carbocycles. The molecule has 1 saturated carbocycles. The zero-order valence-corrected chi connectivity index (χ0v) is 16.8. The molecule has 7 heteroatoms. The van der Waals surface area contributed by atoms with E-state index in [-0.39, 0.29) is 17.9 Å². The molecule has 6 nitrogen and oxygen atoms in total. The van der Waals surface area contributed by atoms with Crippen molar-refractivity contribution in [3.05, 3.63) is 71.4 Å². The summed E-state index contributed by atoms with van der Waals surface area (Å²) in [4.78, 5) is 20.9. The summed E-state index contributed by atoms with van der Waals surface area (Å²) in [6.07, 6.45) is 3.58. The van der Waals surface area contributed by atoms with Gasteiger partial charge in [0.1, 0.15) is 5.82 Å². The van der Waals surface area contributed by atoms with E-state index < -0.39 is 0 Å². The number of carbonyl (C=O) groups is 1. The van der Waals surface area contributed by atoms with Crippen molar-refractivity contribution in [2.24, 2.45) is 5.92 Å². The number of nitrogens with one attached hydrogen (secondary N) is 3. The van der Waals surface area contributed by atoms with Gasteiger partial charge in [0.2, 0.25) is 11.9 Å². The monoisotopic (exact) mass is 407 g/mol. The minimum atomic E-state index is 0.0152. The van der Waals surface area contributed by atoms with E-state index >= 15 is 0 Å². The summed E-state index contributed by atoms with van der Waals surface area (Å²) in [7, 11) is 0. The maximum absolute atomic E-state index is 12.0. The smallest absolute Gasteiger partial charge is 0.229 e. The third kappa shape index (κ3) is 5.03. The van der Waals surface area contributed by atoms with Crippen LogP contribution in [0.25, 0.3) is 0 Å². The standard InChI is InChI=1S/C22H22ClN5O/c1-14(15-5-3-2-4-6-15)25-20-11-12-24-22(28-20)26-17-9-10-18(23)19(13-17)27-21(29)16-7-8-16/h2-6,9-14,16H,7-8H2,1H3,(H,27,29)(H2,24,25,26,28). The Morgan fingerprint density at radius 3 is 2.69 bits per heavy atom. The molecule has 1 aliphatic rings. The van der Waals surface area contributed by atoms with Crippen LogP contribution in [0, 0.1) is 5.92 Å². The lowest BCUT2D eigenvalue weighted by atomic mass is 10.1. The van der Waals surface area contributed by atoms with E-state index in [2.05, 4.69) is 45.0 Å². The number of amides is 1. The molecule has 1 aromatic heterocycles. The van der Waals surface area contributed by atoms with Gasteiger partial charge in [0.25, 0.3) is 0 Å². The number of anilines is 4. The summed E-state index contributed by atoms with van der Waals surface area (Å²) < 4.78 is 0. The average molecular weight is 408 g/mol. The van der Waals surface area contributed by atoms with Crippen molar-refractivity contribution >= 4 is 40.6 Å². The lowest BCUT2D eigenvalue weighted by molar-refractivity contribution is -0.117. The molecular formula is C22H22ClN5O. The zero-order chi connectivity index (χ0) is 20.2. The van der Waals surface area contributed by atoms with Gasteiger partial charge in [0, 0.05) is 23.8 Å². The first-order chi connectivity index (χ1) is 14.1. The van der Waals surface area contributed by atoms with Gasteiger partial charge in [-0.25, -0.2) is 4.98 Å². The fourth-order valence-corrected chi connectivity index (χ4v) is 3.12. The fourth-order valence-electron chi connectivity index (χ4n) is 2.95. The van der Waals surface area contributed by atoms with Crippen LogP contribution in [0.5, 0.6) is 0 Å². The van der Waals surface area contributed by atoms with Gasteiger partial charge in [-0.1, -0.05) is 41.9 Å². The molecule has 3 N–H and O–H groups in total. The Labute approximate surface area is 174 Å².